The number of thiophene rings is 1. The summed E-state index contributed by atoms with van der Waals surface area (Å²) >= 11 is 1.37. The third-order valence-corrected chi connectivity index (χ3v) is 4.93. The molecule has 0 aliphatic carbocycles. The first-order valence-corrected chi connectivity index (χ1v) is 8.25. The maximum absolute atomic E-state index is 12.4. The van der Waals surface area contributed by atoms with Gasteiger partial charge in [0.05, 0.1) is 4.88 Å². The van der Waals surface area contributed by atoms with E-state index in [2.05, 4.69) is 5.32 Å². The summed E-state index contributed by atoms with van der Waals surface area (Å²) in [5.41, 5.74) is 5.91. The predicted octanol–water partition coefficient (Wildman–Crippen LogP) is 1.45. The highest BCUT2D eigenvalue weighted by Gasteiger charge is 2.28. The summed E-state index contributed by atoms with van der Waals surface area (Å²) in [6.07, 6.45) is 1.88. The molecular formula is C15H23N3O2S. The number of hydrogen-bond acceptors (Lipinski definition) is 4. The van der Waals surface area contributed by atoms with Gasteiger partial charge in [0.15, 0.2) is 0 Å². The van der Waals surface area contributed by atoms with Crippen LogP contribution >= 0.6 is 11.3 Å². The fraction of sp³-hybridized carbons (Fsp3) is 0.600. The van der Waals surface area contributed by atoms with Crippen molar-refractivity contribution in [2.45, 2.75) is 38.8 Å². The molecule has 0 spiro atoms. The van der Waals surface area contributed by atoms with Gasteiger partial charge in [-0.3, -0.25) is 9.59 Å². The average molecular weight is 309 g/mol. The van der Waals surface area contributed by atoms with Gasteiger partial charge in [0.1, 0.15) is 6.04 Å². The Morgan fingerprint density at radius 2 is 2.05 bits per heavy atom. The van der Waals surface area contributed by atoms with Gasteiger partial charge in [-0.2, -0.15) is 0 Å². The van der Waals surface area contributed by atoms with Gasteiger partial charge >= 0.3 is 0 Å². The number of carbonyl (C=O) groups excluding carboxylic acids is 2. The van der Waals surface area contributed by atoms with Crippen molar-refractivity contribution in [1.82, 2.24) is 10.2 Å². The molecule has 2 amide bonds. The minimum Gasteiger partial charge on any atom is -0.341 e. The number of hydrogen-bond donors (Lipinski definition) is 2. The second-order valence-electron chi connectivity index (χ2n) is 5.69. The lowest BCUT2D eigenvalue weighted by Crippen LogP contribution is -2.50. The van der Waals surface area contributed by atoms with Crippen LogP contribution in [0.2, 0.25) is 0 Å². The van der Waals surface area contributed by atoms with E-state index >= 15 is 0 Å². The van der Waals surface area contributed by atoms with Gasteiger partial charge < -0.3 is 16.0 Å². The molecule has 1 fully saturated rings. The molecule has 3 N–H and O–H groups in total. The van der Waals surface area contributed by atoms with E-state index in [1.54, 1.807) is 13.0 Å². The standard InChI is InChI=1S/C15H23N3O2S/c1-10(16)12-5-7-18(8-6-12)15(20)11(2)17-14(19)13-4-3-9-21-13/h3-4,9-12H,5-8,16H2,1-2H3,(H,17,19). The number of piperidine rings is 1. The lowest BCUT2D eigenvalue weighted by atomic mass is 9.91. The number of rotatable bonds is 4. The van der Waals surface area contributed by atoms with Crippen LogP contribution in [0.25, 0.3) is 0 Å². The minimum atomic E-state index is -0.494. The van der Waals surface area contributed by atoms with E-state index in [1.807, 2.05) is 23.3 Å². The number of nitrogens with zero attached hydrogens (tertiary/aromatic N) is 1. The van der Waals surface area contributed by atoms with Crippen molar-refractivity contribution in [3.63, 3.8) is 0 Å². The van der Waals surface area contributed by atoms with Crippen molar-refractivity contribution in [1.29, 1.82) is 0 Å². The highest BCUT2D eigenvalue weighted by atomic mass is 32.1. The van der Waals surface area contributed by atoms with E-state index in [-0.39, 0.29) is 17.9 Å². The smallest absolute Gasteiger partial charge is 0.261 e. The molecule has 0 radical (unpaired) electrons. The molecule has 2 heterocycles. The van der Waals surface area contributed by atoms with Gasteiger partial charge in [-0.1, -0.05) is 6.07 Å². The van der Waals surface area contributed by atoms with Crippen LogP contribution in [-0.4, -0.2) is 41.9 Å². The van der Waals surface area contributed by atoms with Crippen LogP contribution in [0.3, 0.4) is 0 Å². The van der Waals surface area contributed by atoms with Gasteiger partial charge in [0.2, 0.25) is 5.91 Å². The number of nitrogens with one attached hydrogen (secondary N) is 1. The summed E-state index contributed by atoms with van der Waals surface area (Å²) in [5.74, 6) is 0.296. The van der Waals surface area contributed by atoms with Crippen LogP contribution in [0.5, 0.6) is 0 Å². The van der Waals surface area contributed by atoms with Crippen molar-refractivity contribution >= 4 is 23.2 Å². The van der Waals surface area contributed by atoms with Gasteiger partial charge in [0.25, 0.3) is 5.91 Å². The fourth-order valence-corrected chi connectivity index (χ4v) is 3.28. The van der Waals surface area contributed by atoms with Crippen molar-refractivity contribution in [2.24, 2.45) is 11.7 Å². The second kappa shape index (κ2) is 7.04. The monoisotopic (exact) mass is 309 g/mol. The number of carbonyl (C=O) groups is 2. The van der Waals surface area contributed by atoms with Crippen LogP contribution in [0, 0.1) is 5.92 Å². The van der Waals surface area contributed by atoms with Crippen LogP contribution in [0.15, 0.2) is 17.5 Å². The molecule has 21 heavy (non-hydrogen) atoms. The van der Waals surface area contributed by atoms with E-state index in [0.717, 1.165) is 25.9 Å². The first kappa shape index (κ1) is 16.0. The molecular weight excluding hydrogens is 286 g/mol. The summed E-state index contributed by atoms with van der Waals surface area (Å²) < 4.78 is 0. The first-order chi connectivity index (χ1) is 9.99. The quantitative estimate of drug-likeness (QED) is 0.884. The molecule has 2 unspecified atom stereocenters. The van der Waals surface area contributed by atoms with Gasteiger partial charge in [-0.25, -0.2) is 0 Å². The SMILES string of the molecule is CC(NC(=O)c1cccs1)C(=O)N1CCC(C(C)N)CC1. The third-order valence-electron chi connectivity index (χ3n) is 4.06. The van der Waals surface area contributed by atoms with Crippen LogP contribution in [-0.2, 0) is 4.79 Å². The zero-order valence-corrected chi connectivity index (χ0v) is 13.4. The Kier molecular flexibility index (Phi) is 5.36. The Bertz CT molecular complexity index is 479. The highest BCUT2D eigenvalue weighted by molar-refractivity contribution is 7.12. The third kappa shape index (κ3) is 4.04. The topological polar surface area (TPSA) is 75.4 Å². The first-order valence-electron chi connectivity index (χ1n) is 7.37. The Hall–Kier alpha value is -1.40. The van der Waals surface area contributed by atoms with Crippen molar-refractivity contribution < 1.29 is 9.59 Å². The van der Waals surface area contributed by atoms with Gasteiger partial charge in [0, 0.05) is 19.1 Å². The molecule has 1 aliphatic rings. The highest BCUT2D eigenvalue weighted by Crippen LogP contribution is 2.20. The van der Waals surface area contributed by atoms with Crippen LogP contribution in [0.1, 0.15) is 36.4 Å². The van der Waals surface area contributed by atoms with E-state index < -0.39 is 6.04 Å². The average Bonchev–Trinajstić information content (AvgIpc) is 3.00. The van der Waals surface area contributed by atoms with E-state index in [0.29, 0.717) is 10.8 Å². The minimum absolute atomic E-state index is 0.0111. The molecule has 1 aromatic heterocycles. The van der Waals surface area contributed by atoms with E-state index in [1.165, 1.54) is 11.3 Å². The lowest BCUT2D eigenvalue weighted by Gasteiger charge is -2.35. The zero-order valence-electron chi connectivity index (χ0n) is 12.5. The molecule has 2 atom stereocenters. The molecule has 0 bridgehead atoms. The molecule has 5 nitrogen and oxygen atoms in total. The number of nitrogens with two attached hydrogens (primary N) is 1. The van der Waals surface area contributed by atoms with Gasteiger partial charge in [-0.05, 0) is 44.1 Å². The lowest BCUT2D eigenvalue weighted by molar-refractivity contribution is -0.134. The predicted molar refractivity (Wildman–Crippen MR) is 84.2 cm³/mol. The molecule has 116 valence electrons. The molecule has 1 aliphatic heterocycles. The Morgan fingerprint density at radius 3 is 2.57 bits per heavy atom. The van der Waals surface area contributed by atoms with Crippen molar-refractivity contribution in [3.05, 3.63) is 22.4 Å². The normalized spacial score (nSPS) is 19.1. The summed E-state index contributed by atoms with van der Waals surface area (Å²) in [4.78, 5) is 26.8. The van der Waals surface area contributed by atoms with Crippen molar-refractivity contribution in [3.8, 4) is 0 Å². The molecule has 1 aromatic rings. The largest absolute Gasteiger partial charge is 0.341 e. The summed E-state index contributed by atoms with van der Waals surface area (Å²) in [7, 11) is 0. The van der Waals surface area contributed by atoms with Crippen LogP contribution < -0.4 is 11.1 Å². The summed E-state index contributed by atoms with van der Waals surface area (Å²) in [5, 5.41) is 4.62. The zero-order chi connectivity index (χ0) is 15.4. The second-order valence-corrected chi connectivity index (χ2v) is 6.64. The van der Waals surface area contributed by atoms with E-state index in [4.69, 9.17) is 5.73 Å². The van der Waals surface area contributed by atoms with Crippen LogP contribution in [0.4, 0.5) is 0 Å². The van der Waals surface area contributed by atoms with E-state index in [9.17, 15) is 9.59 Å². The molecule has 2 rings (SSSR count). The molecule has 0 aromatic carbocycles. The maximum Gasteiger partial charge on any atom is 0.261 e. The Labute approximate surface area is 129 Å². The molecule has 6 heteroatoms. The molecule has 1 saturated heterocycles. The number of amides is 2. The van der Waals surface area contributed by atoms with Crippen molar-refractivity contribution in [2.75, 3.05) is 13.1 Å². The number of likely N-dealkylation sites (tertiary alicyclic amines) is 1. The summed E-state index contributed by atoms with van der Waals surface area (Å²) in [6.45, 7) is 5.21. The Morgan fingerprint density at radius 1 is 1.38 bits per heavy atom. The maximum atomic E-state index is 12.4. The molecule has 0 saturated carbocycles. The Balaban J connectivity index is 1.84. The van der Waals surface area contributed by atoms with Gasteiger partial charge in [-0.15, -0.1) is 11.3 Å². The fourth-order valence-electron chi connectivity index (χ4n) is 2.66. The summed E-state index contributed by atoms with van der Waals surface area (Å²) in [6, 6.07) is 3.26.